The molecule has 1 rings (SSSR count). The summed E-state index contributed by atoms with van der Waals surface area (Å²) in [7, 11) is -1.52. The van der Waals surface area contributed by atoms with Crippen LogP contribution in [0.25, 0.3) is 0 Å². The molecule has 0 aromatic heterocycles. The van der Waals surface area contributed by atoms with Crippen LogP contribution in [0.5, 0.6) is 0 Å². The minimum atomic E-state index is -1.52. The predicted octanol–water partition coefficient (Wildman–Crippen LogP) is 4.20. The summed E-state index contributed by atoms with van der Waals surface area (Å²) in [5, 5.41) is 0. The first-order valence-electron chi connectivity index (χ1n) is 6.57. The largest absolute Gasteiger partial charge is 0.404 e. The van der Waals surface area contributed by atoms with E-state index < -0.39 is 8.32 Å². The maximum Gasteiger partial charge on any atom is 0.185 e. The van der Waals surface area contributed by atoms with Crippen LogP contribution in [0.4, 0.5) is 0 Å². The second-order valence-electron chi connectivity index (χ2n) is 6.10. The molecule has 1 fully saturated rings. The smallest absolute Gasteiger partial charge is 0.185 e. The molecular weight excluding hydrogens is 212 g/mol. The standard InChI is InChI=1S/C14H26OSi/c1-6-8-10-14(11-9-12-14)13(7-2)15-16(3,4)5/h2,13H,6,8-12H2,1,3-5H3/t13-/m0/s1. The molecule has 0 heterocycles. The minimum absolute atomic E-state index is 0.0690. The van der Waals surface area contributed by atoms with Crippen LogP contribution < -0.4 is 0 Å². The lowest BCUT2D eigenvalue weighted by molar-refractivity contribution is 0.00209. The highest BCUT2D eigenvalue weighted by atomic mass is 28.4. The fourth-order valence-corrected chi connectivity index (χ4v) is 3.52. The van der Waals surface area contributed by atoms with E-state index in [0.29, 0.717) is 5.41 Å². The van der Waals surface area contributed by atoms with Crippen LogP contribution in [0.3, 0.4) is 0 Å². The molecule has 1 saturated carbocycles. The highest BCUT2D eigenvalue weighted by Crippen LogP contribution is 2.49. The number of hydrogen-bond donors (Lipinski definition) is 0. The van der Waals surface area contributed by atoms with Crippen molar-refractivity contribution in [1.82, 2.24) is 0 Å². The molecule has 0 unspecified atom stereocenters. The van der Waals surface area contributed by atoms with E-state index in [4.69, 9.17) is 10.8 Å². The Balaban J connectivity index is 2.65. The van der Waals surface area contributed by atoms with E-state index in [9.17, 15) is 0 Å². The van der Waals surface area contributed by atoms with Gasteiger partial charge in [-0.05, 0) is 38.9 Å². The van der Waals surface area contributed by atoms with Crippen LogP contribution in [-0.4, -0.2) is 14.4 Å². The van der Waals surface area contributed by atoms with Gasteiger partial charge in [-0.1, -0.05) is 32.1 Å². The van der Waals surface area contributed by atoms with Crippen molar-refractivity contribution in [1.29, 1.82) is 0 Å². The zero-order valence-electron chi connectivity index (χ0n) is 11.3. The van der Waals surface area contributed by atoms with Gasteiger partial charge < -0.3 is 4.43 Å². The van der Waals surface area contributed by atoms with Crippen molar-refractivity contribution >= 4 is 8.32 Å². The lowest BCUT2D eigenvalue weighted by atomic mass is 9.62. The van der Waals surface area contributed by atoms with Gasteiger partial charge in [-0.25, -0.2) is 0 Å². The van der Waals surface area contributed by atoms with Gasteiger partial charge in [0.15, 0.2) is 8.32 Å². The van der Waals surface area contributed by atoms with Crippen LogP contribution in [0.15, 0.2) is 0 Å². The van der Waals surface area contributed by atoms with Crippen LogP contribution in [-0.2, 0) is 4.43 Å². The Bertz CT molecular complexity index is 255. The van der Waals surface area contributed by atoms with Crippen molar-refractivity contribution in [2.24, 2.45) is 5.41 Å². The Kier molecular flexibility index (Phi) is 4.64. The second kappa shape index (κ2) is 5.38. The summed E-state index contributed by atoms with van der Waals surface area (Å²) in [6.07, 6.45) is 13.4. The molecule has 0 saturated heterocycles. The summed E-state index contributed by atoms with van der Waals surface area (Å²) in [5.41, 5.74) is 0.324. The van der Waals surface area contributed by atoms with Crippen molar-refractivity contribution in [3.05, 3.63) is 0 Å². The fraction of sp³-hybridized carbons (Fsp3) is 0.857. The average molecular weight is 238 g/mol. The normalized spacial score (nSPS) is 20.9. The summed E-state index contributed by atoms with van der Waals surface area (Å²) >= 11 is 0. The maximum absolute atomic E-state index is 6.19. The molecule has 0 aliphatic heterocycles. The van der Waals surface area contributed by atoms with E-state index >= 15 is 0 Å². The molecule has 0 N–H and O–H groups in total. The molecule has 16 heavy (non-hydrogen) atoms. The molecule has 92 valence electrons. The van der Waals surface area contributed by atoms with Gasteiger partial charge >= 0.3 is 0 Å². The molecule has 1 atom stereocenters. The van der Waals surface area contributed by atoms with Crippen molar-refractivity contribution < 1.29 is 4.43 Å². The summed E-state index contributed by atoms with van der Waals surface area (Å²) in [5.74, 6) is 2.92. The maximum atomic E-state index is 6.19. The molecule has 0 radical (unpaired) electrons. The first-order valence-corrected chi connectivity index (χ1v) is 9.98. The summed E-state index contributed by atoms with van der Waals surface area (Å²) in [4.78, 5) is 0. The van der Waals surface area contributed by atoms with Crippen LogP contribution >= 0.6 is 0 Å². The average Bonchev–Trinajstić information content (AvgIpc) is 2.12. The summed E-state index contributed by atoms with van der Waals surface area (Å²) in [6, 6.07) is 0. The Morgan fingerprint density at radius 1 is 1.38 bits per heavy atom. The number of terminal acetylenes is 1. The number of hydrogen-bond acceptors (Lipinski definition) is 1. The van der Waals surface area contributed by atoms with Gasteiger partial charge in [0, 0.05) is 5.41 Å². The molecule has 0 aromatic rings. The Morgan fingerprint density at radius 2 is 2.00 bits per heavy atom. The van der Waals surface area contributed by atoms with Gasteiger partial charge in [0.2, 0.25) is 0 Å². The van der Waals surface area contributed by atoms with Gasteiger partial charge in [0.25, 0.3) is 0 Å². The third-order valence-corrected chi connectivity index (χ3v) is 4.50. The third-order valence-electron chi connectivity index (χ3n) is 3.56. The lowest BCUT2D eigenvalue weighted by Gasteiger charge is -2.47. The number of rotatable bonds is 6. The molecule has 1 aliphatic carbocycles. The molecule has 0 spiro atoms. The highest BCUT2D eigenvalue weighted by molar-refractivity contribution is 6.69. The molecule has 1 aliphatic rings. The lowest BCUT2D eigenvalue weighted by Crippen LogP contribution is -2.46. The quantitative estimate of drug-likeness (QED) is 0.498. The predicted molar refractivity (Wildman–Crippen MR) is 72.9 cm³/mol. The van der Waals surface area contributed by atoms with Gasteiger partial charge in [-0.2, -0.15) is 0 Å². The summed E-state index contributed by atoms with van der Waals surface area (Å²) in [6.45, 7) is 8.92. The van der Waals surface area contributed by atoms with E-state index in [1.807, 2.05) is 0 Å². The van der Waals surface area contributed by atoms with Crippen LogP contribution in [0.1, 0.15) is 45.4 Å². The van der Waals surface area contributed by atoms with Crippen molar-refractivity contribution in [2.45, 2.75) is 71.2 Å². The van der Waals surface area contributed by atoms with E-state index in [0.717, 1.165) is 0 Å². The Labute approximate surface area is 102 Å². The van der Waals surface area contributed by atoms with Crippen molar-refractivity contribution in [3.63, 3.8) is 0 Å². The Morgan fingerprint density at radius 3 is 2.31 bits per heavy atom. The Hall–Kier alpha value is -0.263. The first-order chi connectivity index (χ1) is 7.43. The van der Waals surface area contributed by atoms with Crippen molar-refractivity contribution in [2.75, 3.05) is 0 Å². The van der Waals surface area contributed by atoms with E-state index in [1.165, 1.54) is 38.5 Å². The third kappa shape index (κ3) is 3.36. The monoisotopic (exact) mass is 238 g/mol. The van der Waals surface area contributed by atoms with Gasteiger partial charge in [0.05, 0.1) is 0 Å². The minimum Gasteiger partial charge on any atom is -0.404 e. The zero-order valence-corrected chi connectivity index (χ0v) is 12.3. The van der Waals surface area contributed by atoms with Crippen LogP contribution in [0, 0.1) is 17.8 Å². The SMILES string of the molecule is C#C[C@H](O[Si](C)(C)C)C1(CCCC)CCC1. The van der Waals surface area contributed by atoms with Crippen LogP contribution in [0.2, 0.25) is 19.6 Å². The first kappa shape index (κ1) is 13.8. The van der Waals surface area contributed by atoms with E-state index in [1.54, 1.807) is 0 Å². The molecule has 2 heteroatoms. The van der Waals surface area contributed by atoms with E-state index in [2.05, 4.69) is 32.5 Å². The fourth-order valence-electron chi connectivity index (χ4n) is 2.49. The molecule has 0 aromatic carbocycles. The van der Waals surface area contributed by atoms with Crippen molar-refractivity contribution in [3.8, 4) is 12.3 Å². The van der Waals surface area contributed by atoms with Gasteiger partial charge in [-0.3, -0.25) is 0 Å². The molecule has 0 amide bonds. The number of unbranched alkanes of at least 4 members (excludes halogenated alkanes) is 1. The van der Waals surface area contributed by atoms with Gasteiger partial charge in [-0.15, -0.1) is 6.42 Å². The van der Waals surface area contributed by atoms with Gasteiger partial charge in [0.1, 0.15) is 6.10 Å². The topological polar surface area (TPSA) is 9.23 Å². The second-order valence-corrected chi connectivity index (χ2v) is 10.6. The van der Waals surface area contributed by atoms with E-state index in [-0.39, 0.29) is 6.10 Å². The molecule has 0 bridgehead atoms. The highest BCUT2D eigenvalue weighted by Gasteiger charge is 2.44. The molecular formula is C14H26OSi. The summed E-state index contributed by atoms with van der Waals surface area (Å²) < 4.78 is 6.19. The molecule has 1 nitrogen and oxygen atoms in total. The zero-order chi connectivity index (χ0) is 12.2.